The summed E-state index contributed by atoms with van der Waals surface area (Å²) >= 11 is 3.33. The first-order valence-corrected chi connectivity index (χ1v) is 11.8. The summed E-state index contributed by atoms with van der Waals surface area (Å²) in [6.45, 7) is 2.74. The van der Waals surface area contributed by atoms with Crippen LogP contribution in [0.4, 0.5) is 5.69 Å². The summed E-state index contributed by atoms with van der Waals surface area (Å²) in [5.74, 6) is -0.277. The van der Waals surface area contributed by atoms with Crippen LogP contribution in [0.25, 0.3) is 0 Å². The van der Waals surface area contributed by atoms with Gasteiger partial charge in [0.25, 0.3) is 0 Å². The number of piperidine rings is 1. The second-order valence-electron chi connectivity index (χ2n) is 7.55. The zero-order valence-electron chi connectivity index (χ0n) is 15.7. The third-order valence-corrected chi connectivity index (χ3v) is 8.04. The third-order valence-electron chi connectivity index (χ3n) is 5.63. The van der Waals surface area contributed by atoms with Gasteiger partial charge in [-0.15, -0.1) is 0 Å². The molecule has 0 radical (unpaired) electrons. The van der Waals surface area contributed by atoms with Crippen LogP contribution in [-0.4, -0.2) is 37.8 Å². The number of benzene rings is 2. The molecule has 0 aliphatic carbocycles. The molecule has 2 heterocycles. The first kappa shape index (κ1) is 19.6. The molecule has 2 aromatic carbocycles. The molecule has 148 valence electrons. The molecule has 5 nitrogen and oxygen atoms in total. The number of amides is 1. The lowest BCUT2D eigenvalue weighted by Gasteiger charge is -2.34. The lowest BCUT2D eigenvalue weighted by Crippen LogP contribution is -2.48. The molecule has 0 bridgehead atoms. The Kier molecular flexibility index (Phi) is 5.33. The SMILES string of the molecule is CC1Cc2ccccc2N1C(=O)C1CCCN(S(=O)(=O)c2ccc(Br)cc2)C1. The van der Waals surface area contributed by atoms with Gasteiger partial charge in [-0.3, -0.25) is 4.79 Å². The van der Waals surface area contributed by atoms with Gasteiger partial charge in [0.1, 0.15) is 0 Å². The van der Waals surface area contributed by atoms with E-state index < -0.39 is 10.0 Å². The van der Waals surface area contributed by atoms with Gasteiger partial charge in [-0.1, -0.05) is 34.1 Å². The highest BCUT2D eigenvalue weighted by molar-refractivity contribution is 9.10. The van der Waals surface area contributed by atoms with Crippen molar-refractivity contribution in [2.24, 2.45) is 5.92 Å². The molecule has 4 rings (SSSR count). The number of hydrogen-bond acceptors (Lipinski definition) is 3. The maximum atomic E-state index is 13.3. The lowest BCUT2D eigenvalue weighted by atomic mass is 9.97. The van der Waals surface area contributed by atoms with Crippen LogP contribution in [0.3, 0.4) is 0 Å². The van der Waals surface area contributed by atoms with Crippen LogP contribution in [0.15, 0.2) is 57.9 Å². The standard InChI is InChI=1S/C21H23BrN2O3S/c1-15-13-16-5-2-3-7-20(16)24(15)21(25)17-6-4-12-23(14-17)28(26,27)19-10-8-18(22)9-11-19/h2-3,5,7-11,15,17H,4,6,12-14H2,1H3. The lowest BCUT2D eigenvalue weighted by molar-refractivity contribution is -0.123. The van der Waals surface area contributed by atoms with E-state index in [4.69, 9.17) is 0 Å². The zero-order chi connectivity index (χ0) is 19.9. The predicted molar refractivity (Wildman–Crippen MR) is 113 cm³/mol. The molecule has 2 aromatic rings. The van der Waals surface area contributed by atoms with Gasteiger partial charge in [0.15, 0.2) is 0 Å². The number of fused-ring (bicyclic) bond motifs is 1. The van der Waals surface area contributed by atoms with E-state index in [1.807, 2.05) is 23.1 Å². The maximum absolute atomic E-state index is 13.3. The van der Waals surface area contributed by atoms with Crippen molar-refractivity contribution >= 4 is 37.5 Å². The van der Waals surface area contributed by atoms with Crippen molar-refractivity contribution in [1.29, 1.82) is 0 Å². The van der Waals surface area contributed by atoms with Gasteiger partial charge < -0.3 is 4.90 Å². The van der Waals surface area contributed by atoms with Crippen LogP contribution in [0.2, 0.25) is 0 Å². The maximum Gasteiger partial charge on any atom is 0.243 e. The molecular formula is C21H23BrN2O3S. The topological polar surface area (TPSA) is 57.7 Å². The Morgan fingerprint density at radius 2 is 1.82 bits per heavy atom. The molecule has 28 heavy (non-hydrogen) atoms. The molecule has 0 spiro atoms. The van der Waals surface area contributed by atoms with Crippen LogP contribution in [0, 0.1) is 5.92 Å². The van der Waals surface area contributed by atoms with Crippen molar-refractivity contribution in [3.63, 3.8) is 0 Å². The zero-order valence-corrected chi connectivity index (χ0v) is 18.1. The molecule has 2 unspecified atom stereocenters. The molecule has 7 heteroatoms. The van der Waals surface area contributed by atoms with Gasteiger partial charge in [0, 0.05) is 29.3 Å². The van der Waals surface area contributed by atoms with Crippen LogP contribution in [0.5, 0.6) is 0 Å². The minimum absolute atomic E-state index is 0.0353. The van der Waals surface area contributed by atoms with Crippen molar-refractivity contribution in [2.45, 2.75) is 37.1 Å². The number of anilines is 1. The fraction of sp³-hybridized carbons (Fsp3) is 0.381. The highest BCUT2D eigenvalue weighted by Crippen LogP contribution is 2.35. The fourth-order valence-corrected chi connectivity index (χ4v) is 6.00. The van der Waals surface area contributed by atoms with Crippen molar-refractivity contribution in [2.75, 3.05) is 18.0 Å². The van der Waals surface area contributed by atoms with Crippen molar-refractivity contribution < 1.29 is 13.2 Å². The largest absolute Gasteiger partial charge is 0.309 e. The Labute approximate surface area is 174 Å². The average Bonchev–Trinajstić information content (AvgIpc) is 3.03. The van der Waals surface area contributed by atoms with E-state index in [1.165, 1.54) is 9.87 Å². The van der Waals surface area contributed by atoms with Gasteiger partial charge in [0.2, 0.25) is 15.9 Å². The van der Waals surface area contributed by atoms with Crippen LogP contribution < -0.4 is 4.90 Å². The van der Waals surface area contributed by atoms with E-state index in [0.717, 1.165) is 23.0 Å². The van der Waals surface area contributed by atoms with E-state index in [-0.39, 0.29) is 29.3 Å². The number of carbonyl (C=O) groups excluding carboxylic acids is 1. The number of halogens is 1. The highest BCUT2D eigenvalue weighted by Gasteiger charge is 2.39. The minimum Gasteiger partial charge on any atom is -0.309 e. The van der Waals surface area contributed by atoms with E-state index in [0.29, 0.717) is 13.0 Å². The molecule has 0 N–H and O–H groups in total. The number of para-hydroxylation sites is 1. The van der Waals surface area contributed by atoms with E-state index in [2.05, 4.69) is 28.9 Å². The van der Waals surface area contributed by atoms with E-state index in [1.54, 1.807) is 24.3 Å². The smallest absolute Gasteiger partial charge is 0.243 e. The number of nitrogens with zero attached hydrogens (tertiary/aromatic N) is 2. The quantitative estimate of drug-likeness (QED) is 0.696. The second kappa shape index (κ2) is 7.61. The third kappa shape index (κ3) is 3.51. The summed E-state index contributed by atoms with van der Waals surface area (Å²) in [5, 5.41) is 0. The summed E-state index contributed by atoms with van der Waals surface area (Å²) in [4.78, 5) is 15.5. The summed E-state index contributed by atoms with van der Waals surface area (Å²) in [6.07, 6.45) is 2.25. The van der Waals surface area contributed by atoms with Crippen molar-refractivity contribution in [3.8, 4) is 0 Å². The number of sulfonamides is 1. The molecule has 2 aliphatic rings. The number of rotatable bonds is 3. The predicted octanol–water partition coefficient (Wildman–Crippen LogP) is 3.83. The van der Waals surface area contributed by atoms with Gasteiger partial charge in [-0.05, 0) is 62.1 Å². The van der Waals surface area contributed by atoms with Gasteiger partial charge in [0.05, 0.1) is 10.8 Å². The Bertz CT molecular complexity index is 991. The molecule has 0 aromatic heterocycles. The number of carbonyl (C=O) groups is 1. The normalized spacial score (nSPS) is 22.9. The van der Waals surface area contributed by atoms with E-state index in [9.17, 15) is 13.2 Å². The second-order valence-corrected chi connectivity index (χ2v) is 10.4. The molecule has 1 amide bonds. The summed E-state index contributed by atoms with van der Waals surface area (Å²) in [7, 11) is -3.60. The number of hydrogen-bond donors (Lipinski definition) is 0. The minimum atomic E-state index is -3.60. The summed E-state index contributed by atoms with van der Waals surface area (Å²) < 4.78 is 28.4. The van der Waals surface area contributed by atoms with Gasteiger partial charge >= 0.3 is 0 Å². The fourth-order valence-electron chi connectivity index (χ4n) is 4.22. The van der Waals surface area contributed by atoms with Gasteiger partial charge in [-0.2, -0.15) is 4.31 Å². The van der Waals surface area contributed by atoms with Crippen molar-refractivity contribution in [3.05, 3.63) is 58.6 Å². The van der Waals surface area contributed by atoms with Crippen LogP contribution in [0.1, 0.15) is 25.3 Å². The molecule has 0 saturated carbocycles. The Morgan fingerprint density at radius 1 is 1.11 bits per heavy atom. The molecule has 2 atom stereocenters. The van der Waals surface area contributed by atoms with Crippen LogP contribution in [-0.2, 0) is 21.2 Å². The molecular weight excluding hydrogens is 440 g/mol. The monoisotopic (exact) mass is 462 g/mol. The Hall–Kier alpha value is -1.70. The molecule has 1 fully saturated rings. The van der Waals surface area contributed by atoms with Crippen LogP contribution >= 0.6 is 15.9 Å². The van der Waals surface area contributed by atoms with E-state index >= 15 is 0 Å². The molecule has 2 aliphatic heterocycles. The first-order valence-electron chi connectivity index (χ1n) is 9.54. The van der Waals surface area contributed by atoms with Gasteiger partial charge in [-0.25, -0.2) is 8.42 Å². The first-order chi connectivity index (χ1) is 13.4. The average molecular weight is 463 g/mol. The molecule has 1 saturated heterocycles. The highest BCUT2D eigenvalue weighted by atomic mass is 79.9. The van der Waals surface area contributed by atoms with Crippen molar-refractivity contribution in [1.82, 2.24) is 4.31 Å². The summed E-state index contributed by atoms with van der Waals surface area (Å²) in [6, 6.07) is 14.7. The Balaban J connectivity index is 1.56. The Morgan fingerprint density at radius 3 is 2.57 bits per heavy atom. The summed E-state index contributed by atoms with van der Waals surface area (Å²) in [5.41, 5.74) is 2.14.